The van der Waals surface area contributed by atoms with E-state index in [2.05, 4.69) is 10.6 Å². The van der Waals surface area contributed by atoms with Gasteiger partial charge in [-0.1, -0.05) is 70.2 Å². The maximum Gasteiger partial charge on any atom is 0.326 e. The topological polar surface area (TPSA) is 203 Å². The molecule has 0 spiro atoms. The smallest absolute Gasteiger partial charge is 0.326 e. The number of benzene rings is 2. The van der Waals surface area contributed by atoms with Gasteiger partial charge < -0.3 is 41.5 Å². The highest BCUT2D eigenvalue weighted by atomic mass is 35.5. The molecule has 2 aromatic carbocycles. The number of carboxylic acids is 1. The summed E-state index contributed by atoms with van der Waals surface area (Å²) in [6.07, 6.45) is 6.25. The van der Waals surface area contributed by atoms with Crippen molar-refractivity contribution in [3.05, 3.63) is 59.7 Å². The highest BCUT2D eigenvalue weighted by Crippen LogP contribution is 2.24. The fraction of sp³-hybridized carbons (Fsp3) is 0.575. The third-order valence-electron chi connectivity index (χ3n) is 10.3. The first kappa shape index (κ1) is 45.3. The molecule has 1 aliphatic heterocycles. The van der Waals surface area contributed by atoms with E-state index in [9.17, 15) is 39.3 Å². The Morgan fingerprint density at radius 2 is 1.45 bits per heavy atom. The number of carboxylic acid groups (broad SMARTS) is 1. The molecule has 4 amide bonds. The molecule has 1 saturated heterocycles. The largest absolute Gasteiger partial charge is 0.508 e. The van der Waals surface area contributed by atoms with E-state index in [1.54, 1.807) is 31.2 Å². The maximum atomic E-state index is 14.4. The lowest BCUT2D eigenvalue weighted by Crippen LogP contribution is -2.60. The number of carbonyl (C=O) groups excluding carboxylic acids is 4. The second-order valence-corrected chi connectivity index (χ2v) is 15.8. The fourth-order valence-corrected chi connectivity index (χ4v) is 7.07. The zero-order valence-corrected chi connectivity index (χ0v) is 33.5. The number of halogens is 2. The first-order valence-electron chi connectivity index (χ1n) is 19.1. The van der Waals surface area contributed by atoms with Crippen molar-refractivity contribution < 1.29 is 39.3 Å². The second-order valence-electron chi connectivity index (χ2n) is 14.6. The Labute approximate surface area is 333 Å². The van der Waals surface area contributed by atoms with Crippen LogP contribution in [-0.4, -0.2) is 103 Å². The summed E-state index contributed by atoms with van der Waals surface area (Å²) >= 11 is 11.6. The molecule has 0 aliphatic carbocycles. The summed E-state index contributed by atoms with van der Waals surface area (Å²) < 4.78 is 0. The van der Waals surface area contributed by atoms with Gasteiger partial charge in [-0.2, -0.15) is 0 Å². The van der Waals surface area contributed by atoms with Crippen molar-refractivity contribution in [1.82, 2.24) is 20.4 Å². The number of nitrogens with two attached hydrogens (primary N) is 1. The van der Waals surface area contributed by atoms with Crippen LogP contribution in [0.4, 0.5) is 0 Å². The van der Waals surface area contributed by atoms with E-state index >= 15 is 0 Å². The van der Waals surface area contributed by atoms with Crippen molar-refractivity contribution in [2.24, 2.45) is 11.7 Å². The molecule has 0 aromatic heterocycles. The number of likely N-dealkylation sites (N-methyl/N-ethyl adjacent to an activating group) is 1. The monoisotopic (exact) mass is 805 g/mol. The zero-order chi connectivity index (χ0) is 40.7. The standard InChI is InChI=1S/C40H57Cl2N5O8/c1-4-25(2)36(39(53)46(3)33(23-27-15-19-30(49)20-16-27)38(52)47-21-9-11-32(47)40(54)55)45-37(51)31(22-26-13-17-29(48)18-14-26)44-35(50)24-28(43)10-7-5-6-8-12-34(41)42/h13-20,25,28,31-34,36,48-49H,4-12,21-24,43H2,1-3H3,(H,44,50)(H,45,51)(H,54,55)/t25-,28+,31-,32-,33-,36-/m0/s1. The molecule has 1 aliphatic rings. The number of unbranched alkanes of at least 4 members (excludes halogenated alkanes) is 3. The number of rotatable bonds is 22. The van der Waals surface area contributed by atoms with Gasteiger partial charge in [0.1, 0.15) is 40.5 Å². The Kier molecular flexibility index (Phi) is 18.5. The van der Waals surface area contributed by atoms with Crippen LogP contribution in [0.3, 0.4) is 0 Å². The SMILES string of the molecule is CC[C@H](C)[C@H](NC(=O)[C@H](Cc1ccc(O)cc1)NC(=O)C[C@H](N)CCCCCCC(Cl)Cl)C(=O)N(C)[C@@H](Cc1ccc(O)cc1)C(=O)N1CCC[C@H]1C(=O)O. The van der Waals surface area contributed by atoms with Gasteiger partial charge in [0.25, 0.3) is 0 Å². The van der Waals surface area contributed by atoms with E-state index in [4.69, 9.17) is 28.9 Å². The van der Waals surface area contributed by atoms with Crippen molar-refractivity contribution in [2.75, 3.05) is 13.6 Å². The molecule has 13 nitrogen and oxygen atoms in total. The summed E-state index contributed by atoms with van der Waals surface area (Å²) in [5.74, 6) is -3.61. The van der Waals surface area contributed by atoms with Gasteiger partial charge in [-0.25, -0.2) is 4.79 Å². The summed E-state index contributed by atoms with van der Waals surface area (Å²) in [5.41, 5.74) is 7.59. The number of hydrogen-bond donors (Lipinski definition) is 6. The van der Waals surface area contributed by atoms with Gasteiger partial charge >= 0.3 is 5.97 Å². The zero-order valence-electron chi connectivity index (χ0n) is 32.0. The number of aromatic hydroxyl groups is 2. The van der Waals surface area contributed by atoms with Crippen molar-refractivity contribution in [2.45, 2.75) is 126 Å². The quantitative estimate of drug-likeness (QED) is 0.0723. The predicted molar refractivity (Wildman–Crippen MR) is 212 cm³/mol. The summed E-state index contributed by atoms with van der Waals surface area (Å²) in [7, 11) is 1.46. The maximum absolute atomic E-state index is 14.4. The molecule has 3 rings (SSSR count). The minimum atomic E-state index is -1.13. The summed E-state index contributed by atoms with van der Waals surface area (Å²) in [6, 6.07) is 7.61. The second kappa shape index (κ2) is 22.5. The molecule has 1 heterocycles. The molecular formula is C40H57Cl2N5O8. The number of carbonyl (C=O) groups is 5. The van der Waals surface area contributed by atoms with Crippen LogP contribution in [0, 0.1) is 5.92 Å². The third-order valence-corrected chi connectivity index (χ3v) is 10.7. The van der Waals surface area contributed by atoms with Gasteiger partial charge in [-0.05, 0) is 67.0 Å². The van der Waals surface area contributed by atoms with Gasteiger partial charge in [0.05, 0.1) is 0 Å². The van der Waals surface area contributed by atoms with Crippen LogP contribution >= 0.6 is 23.2 Å². The average Bonchev–Trinajstić information content (AvgIpc) is 3.65. The Hall–Kier alpha value is -4.07. The number of hydrogen-bond acceptors (Lipinski definition) is 8. The third kappa shape index (κ3) is 14.5. The van der Waals surface area contributed by atoms with Crippen LogP contribution in [-0.2, 0) is 36.8 Å². The minimum absolute atomic E-state index is 0.0177. The number of likely N-dealkylation sites (tertiary alicyclic amines) is 1. The van der Waals surface area contributed by atoms with Crippen molar-refractivity contribution >= 4 is 52.8 Å². The summed E-state index contributed by atoms with van der Waals surface area (Å²) in [4.78, 5) is 70.1. The first-order valence-corrected chi connectivity index (χ1v) is 20.0. The molecule has 0 saturated carbocycles. The predicted octanol–water partition coefficient (Wildman–Crippen LogP) is 4.66. The Morgan fingerprint density at radius 3 is 2.00 bits per heavy atom. The van der Waals surface area contributed by atoms with E-state index in [-0.39, 0.29) is 42.1 Å². The Bertz CT molecular complexity index is 1560. The lowest BCUT2D eigenvalue weighted by atomic mass is 9.95. The molecule has 15 heteroatoms. The number of amides is 4. The molecule has 0 unspecified atom stereocenters. The summed E-state index contributed by atoms with van der Waals surface area (Å²) in [6.45, 7) is 3.88. The van der Waals surface area contributed by atoms with Crippen LogP contribution in [0.1, 0.15) is 89.2 Å². The van der Waals surface area contributed by atoms with Crippen molar-refractivity contribution in [3.63, 3.8) is 0 Å². The highest BCUT2D eigenvalue weighted by molar-refractivity contribution is 6.44. The Morgan fingerprint density at radius 1 is 0.891 bits per heavy atom. The van der Waals surface area contributed by atoms with E-state index in [1.165, 1.54) is 41.1 Å². The molecular weight excluding hydrogens is 749 g/mol. The van der Waals surface area contributed by atoms with Crippen LogP contribution in [0.5, 0.6) is 11.5 Å². The van der Waals surface area contributed by atoms with Gasteiger partial charge in [0.15, 0.2) is 0 Å². The number of aliphatic carboxylic acids is 1. The number of phenols is 2. The highest BCUT2D eigenvalue weighted by Gasteiger charge is 2.41. The molecule has 1 fully saturated rings. The number of phenolic OH excluding ortho intramolecular Hbond substituents is 2. The molecule has 304 valence electrons. The van der Waals surface area contributed by atoms with Crippen LogP contribution in [0.25, 0.3) is 0 Å². The molecule has 55 heavy (non-hydrogen) atoms. The van der Waals surface area contributed by atoms with E-state index in [1.807, 2.05) is 6.92 Å². The van der Waals surface area contributed by atoms with Crippen LogP contribution < -0.4 is 16.4 Å². The summed E-state index contributed by atoms with van der Waals surface area (Å²) in [5, 5.41) is 35.2. The van der Waals surface area contributed by atoms with Crippen LogP contribution in [0.2, 0.25) is 0 Å². The lowest BCUT2D eigenvalue weighted by Gasteiger charge is -2.36. The number of alkyl halides is 2. The van der Waals surface area contributed by atoms with Gasteiger partial charge in [-0.15, -0.1) is 23.2 Å². The van der Waals surface area contributed by atoms with Crippen molar-refractivity contribution in [1.29, 1.82) is 0 Å². The van der Waals surface area contributed by atoms with E-state index < -0.39 is 65.7 Å². The van der Waals surface area contributed by atoms with Crippen LogP contribution in [0.15, 0.2) is 48.5 Å². The normalized spacial score (nSPS) is 16.9. The first-order chi connectivity index (χ1) is 26.1. The molecule has 7 N–H and O–H groups in total. The molecule has 6 atom stereocenters. The number of nitrogens with zero attached hydrogens (tertiary/aromatic N) is 2. The number of nitrogens with one attached hydrogen (secondary N) is 2. The van der Waals surface area contributed by atoms with Crippen molar-refractivity contribution in [3.8, 4) is 11.5 Å². The van der Waals surface area contributed by atoms with Gasteiger partial charge in [-0.3, -0.25) is 19.2 Å². The lowest BCUT2D eigenvalue weighted by molar-refractivity contribution is -0.153. The fourth-order valence-electron chi connectivity index (χ4n) is 6.76. The van der Waals surface area contributed by atoms with E-state index in [0.29, 0.717) is 43.2 Å². The molecule has 2 aromatic rings. The molecule has 0 bridgehead atoms. The van der Waals surface area contributed by atoms with Gasteiger partial charge in [0, 0.05) is 38.9 Å². The Balaban J connectivity index is 1.82. The minimum Gasteiger partial charge on any atom is -0.508 e. The van der Waals surface area contributed by atoms with E-state index in [0.717, 1.165) is 25.7 Å². The van der Waals surface area contributed by atoms with Gasteiger partial charge in [0.2, 0.25) is 23.6 Å². The average molecular weight is 807 g/mol. The molecule has 0 radical (unpaired) electrons.